The molecule has 1 saturated carbocycles. The van der Waals surface area contributed by atoms with E-state index < -0.39 is 0 Å². The van der Waals surface area contributed by atoms with E-state index in [2.05, 4.69) is 16.5 Å². The monoisotopic (exact) mass is 280 g/mol. The number of alkyl halides is 1. The second-order valence-corrected chi connectivity index (χ2v) is 5.86. The van der Waals surface area contributed by atoms with E-state index in [1.54, 1.807) is 6.92 Å². The molecule has 1 aliphatic rings. The molecule has 0 amide bonds. The van der Waals surface area contributed by atoms with Crippen LogP contribution in [0.4, 0.5) is 4.39 Å². The summed E-state index contributed by atoms with van der Waals surface area (Å²) in [6, 6.07) is 3.87. The van der Waals surface area contributed by atoms with E-state index >= 15 is 0 Å². The summed E-state index contributed by atoms with van der Waals surface area (Å²) in [5, 5.41) is 0. The lowest BCUT2D eigenvalue weighted by molar-refractivity contribution is 0.408. The molecule has 2 atom stereocenters. The summed E-state index contributed by atoms with van der Waals surface area (Å²) in [6.45, 7) is 4.07. The van der Waals surface area contributed by atoms with Crippen molar-refractivity contribution in [2.45, 2.75) is 45.0 Å². The third-order valence-corrected chi connectivity index (χ3v) is 4.55. The second kappa shape index (κ2) is 4.78. The molecule has 2 unspecified atom stereocenters. The van der Waals surface area contributed by atoms with E-state index in [4.69, 9.17) is 11.6 Å². The zero-order valence-electron chi connectivity index (χ0n) is 11.3. The minimum atomic E-state index is -0.197. The Morgan fingerprint density at radius 1 is 1.42 bits per heavy atom. The number of nitrogens with zero attached hydrogens (tertiary/aromatic N) is 2. The minimum absolute atomic E-state index is 0.197. The highest BCUT2D eigenvalue weighted by molar-refractivity contribution is 6.16. The van der Waals surface area contributed by atoms with Crippen LogP contribution in [0.25, 0.3) is 11.0 Å². The fraction of sp³-hybridized carbons (Fsp3) is 0.533. The number of hydrogen-bond donors (Lipinski definition) is 0. The molecule has 4 heteroatoms. The molecule has 2 aromatic rings. The Kier molecular flexibility index (Phi) is 3.25. The third-order valence-electron chi connectivity index (χ3n) is 4.31. The van der Waals surface area contributed by atoms with Gasteiger partial charge in [0.05, 0.1) is 16.9 Å². The van der Waals surface area contributed by atoms with Gasteiger partial charge in [-0.2, -0.15) is 0 Å². The van der Waals surface area contributed by atoms with Crippen LogP contribution in [0.5, 0.6) is 0 Å². The van der Waals surface area contributed by atoms with Gasteiger partial charge in [-0.1, -0.05) is 13.3 Å². The van der Waals surface area contributed by atoms with Crippen molar-refractivity contribution in [2.75, 3.05) is 0 Å². The van der Waals surface area contributed by atoms with Gasteiger partial charge in [-0.05, 0) is 37.3 Å². The van der Waals surface area contributed by atoms with Crippen molar-refractivity contribution in [1.82, 2.24) is 9.55 Å². The molecule has 3 rings (SSSR count). The van der Waals surface area contributed by atoms with Crippen LogP contribution in [0.3, 0.4) is 0 Å². The molecule has 0 spiro atoms. The fourth-order valence-corrected chi connectivity index (χ4v) is 3.43. The van der Waals surface area contributed by atoms with Gasteiger partial charge >= 0.3 is 0 Å². The largest absolute Gasteiger partial charge is 0.324 e. The zero-order chi connectivity index (χ0) is 13.6. The van der Waals surface area contributed by atoms with Crippen molar-refractivity contribution in [2.24, 2.45) is 5.92 Å². The van der Waals surface area contributed by atoms with E-state index in [0.717, 1.165) is 23.3 Å². The molecule has 2 nitrogen and oxygen atoms in total. The Labute approximate surface area is 117 Å². The number of aromatic nitrogens is 2. The Bertz CT molecular complexity index is 620. The molecule has 1 fully saturated rings. The first-order valence-corrected chi connectivity index (χ1v) is 7.38. The number of rotatable bonds is 2. The number of imidazole rings is 1. The molecule has 0 saturated heterocycles. The van der Waals surface area contributed by atoms with Crippen LogP contribution in [0.15, 0.2) is 12.1 Å². The Balaban J connectivity index is 2.23. The van der Waals surface area contributed by atoms with Crippen molar-refractivity contribution in [1.29, 1.82) is 0 Å². The van der Waals surface area contributed by atoms with Gasteiger partial charge in [0.15, 0.2) is 0 Å². The summed E-state index contributed by atoms with van der Waals surface area (Å²) >= 11 is 6.03. The highest BCUT2D eigenvalue weighted by Gasteiger charge is 2.28. The molecule has 1 aromatic heterocycles. The molecule has 0 N–H and O–H groups in total. The lowest BCUT2D eigenvalue weighted by atomic mass is 10.1. The van der Waals surface area contributed by atoms with Crippen LogP contribution >= 0.6 is 11.6 Å². The first-order chi connectivity index (χ1) is 9.11. The van der Waals surface area contributed by atoms with Crippen molar-refractivity contribution in [3.8, 4) is 0 Å². The van der Waals surface area contributed by atoms with E-state index in [1.807, 2.05) is 6.07 Å². The van der Waals surface area contributed by atoms with Gasteiger partial charge in [-0.3, -0.25) is 0 Å². The lowest BCUT2D eigenvalue weighted by Gasteiger charge is -2.20. The maximum Gasteiger partial charge on any atom is 0.128 e. The summed E-state index contributed by atoms with van der Waals surface area (Å²) in [6.07, 6.45) is 3.65. The average molecular weight is 281 g/mol. The lowest BCUT2D eigenvalue weighted by Crippen LogP contribution is -2.14. The molecule has 1 heterocycles. The summed E-state index contributed by atoms with van der Waals surface area (Å²) in [5.74, 6) is 1.67. The SMILES string of the molecule is Cc1cc2c(cc1F)nc(CCl)n2C1CCCC1C. The van der Waals surface area contributed by atoms with Crippen LogP contribution in [0.1, 0.15) is 43.6 Å². The summed E-state index contributed by atoms with van der Waals surface area (Å²) in [4.78, 5) is 4.50. The summed E-state index contributed by atoms with van der Waals surface area (Å²) in [7, 11) is 0. The van der Waals surface area contributed by atoms with Gasteiger partial charge in [-0.15, -0.1) is 11.6 Å². The molecule has 1 aromatic carbocycles. The molecule has 19 heavy (non-hydrogen) atoms. The highest BCUT2D eigenvalue weighted by atomic mass is 35.5. The van der Waals surface area contributed by atoms with Gasteiger partial charge in [0.1, 0.15) is 11.6 Å². The van der Waals surface area contributed by atoms with Crippen LogP contribution < -0.4 is 0 Å². The smallest absolute Gasteiger partial charge is 0.128 e. The summed E-state index contributed by atoms with van der Waals surface area (Å²) < 4.78 is 15.9. The van der Waals surface area contributed by atoms with E-state index in [0.29, 0.717) is 23.4 Å². The molecular formula is C15H18ClFN2. The number of benzene rings is 1. The van der Waals surface area contributed by atoms with Crippen LogP contribution in [0, 0.1) is 18.7 Å². The first-order valence-electron chi connectivity index (χ1n) is 6.84. The number of halogens is 2. The average Bonchev–Trinajstić information content (AvgIpc) is 2.93. The van der Waals surface area contributed by atoms with Gasteiger partial charge in [0.2, 0.25) is 0 Å². The number of hydrogen-bond acceptors (Lipinski definition) is 1. The third kappa shape index (κ3) is 2.04. The molecule has 0 bridgehead atoms. The maximum atomic E-state index is 13.7. The Morgan fingerprint density at radius 3 is 2.84 bits per heavy atom. The predicted octanol–water partition coefficient (Wildman–Crippen LogP) is 4.58. The van der Waals surface area contributed by atoms with Gasteiger partial charge in [0, 0.05) is 12.1 Å². The number of aryl methyl sites for hydroxylation is 1. The van der Waals surface area contributed by atoms with Gasteiger partial charge in [0.25, 0.3) is 0 Å². The summed E-state index contributed by atoms with van der Waals surface area (Å²) in [5.41, 5.74) is 2.41. The molecular weight excluding hydrogens is 263 g/mol. The first kappa shape index (κ1) is 12.9. The van der Waals surface area contributed by atoms with Crippen molar-refractivity contribution in [3.63, 3.8) is 0 Å². The van der Waals surface area contributed by atoms with Gasteiger partial charge in [-0.25, -0.2) is 9.37 Å². The van der Waals surface area contributed by atoms with Crippen molar-refractivity contribution >= 4 is 22.6 Å². The highest BCUT2D eigenvalue weighted by Crippen LogP contribution is 2.38. The van der Waals surface area contributed by atoms with Crippen LogP contribution in [-0.2, 0) is 5.88 Å². The molecule has 0 aliphatic heterocycles. The van der Waals surface area contributed by atoms with E-state index in [1.165, 1.54) is 18.9 Å². The van der Waals surface area contributed by atoms with E-state index in [-0.39, 0.29) is 5.82 Å². The molecule has 0 radical (unpaired) electrons. The van der Waals surface area contributed by atoms with Crippen molar-refractivity contribution < 1.29 is 4.39 Å². The Hall–Kier alpha value is -1.09. The van der Waals surface area contributed by atoms with Crippen LogP contribution in [-0.4, -0.2) is 9.55 Å². The second-order valence-electron chi connectivity index (χ2n) is 5.60. The van der Waals surface area contributed by atoms with Crippen molar-refractivity contribution in [3.05, 3.63) is 29.3 Å². The Morgan fingerprint density at radius 2 is 2.21 bits per heavy atom. The molecule has 102 valence electrons. The number of fused-ring (bicyclic) bond motifs is 1. The zero-order valence-corrected chi connectivity index (χ0v) is 12.0. The van der Waals surface area contributed by atoms with Crippen LogP contribution in [0.2, 0.25) is 0 Å². The normalized spacial score (nSPS) is 23.4. The van der Waals surface area contributed by atoms with E-state index in [9.17, 15) is 4.39 Å². The quantitative estimate of drug-likeness (QED) is 0.736. The van der Waals surface area contributed by atoms with Gasteiger partial charge < -0.3 is 4.57 Å². The standard InChI is InChI=1S/C15H18ClFN2/c1-9-4-3-5-13(9)19-14-6-10(2)11(17)7-12(14)18-15(19)8-16/h6-7,9,13H,3-5,8H2,1-2H3. The molecule has 1 aliphatic carbocycles. The minimum Gasteiger partial charge on any atom is -0.324 e. The fourth-order valence-electron chi connectivity index (χ4n) is 3.24. The maximum absolute atomic E-state index is 13.7. The predicted molar refractivity (Wildman–Crippen MR) is 76.0 cm³/mol. The topological polar surface area (TPSA) is 17.8 Å².